The summed E-state index contributed by atoms with van der Waals surface area (Å²) < 4.78 is 31.3. The Morgan fingerprint density at radius 1 is 1.21 bits per heavy atom. The molecule has 1 saturated heterocycles. The summed E-state index contributed by atoms with van der Waals surface area (Å²) in [6.45, 7) is 5.64. The quantitative estimate of drug-likeness (QED) is 0.757. The third-order valence-corrected chi connectivity index (χ3v) is 7.47. The van der Waals surface area contributed by atoms with E-state index in [1.165, 1.54) is 4.31 Å². The first-order chi connectivity index (χ1) is 13.2. The van der Waals surface area contributed by atoms with Crippen LogP contribution in [0.2, 0.25) is 0 Å². The monoisotopic (exact) mass is 406 g/mol. The van der Waals surface area contributed by atoms with E-state index in [1.807, 2.05) is 31.2 Å². The zero-order chi connectivity index (χ0) is 20.5. The van der Waals surface area contributed by atoms with Gasteiger partial charge in [-0.15, -0.1) is 0 Å². The second-order valence-corrected chi connectivity index (χ2v) is 9.41. The number of esters is 1. The molecule has 0 aliphatic carbocycles. The molecule has 0 bridgehead atoms. The predicted octanol–water partition coefficient (Wildman–Crippen LogP) is 2.25. The molecule has 1 fully saturated rings. The molecule has 2 aliphatic rings. The Labute approximate surface area is 165 Å². The van der Waals surface area contributed by atoms with Crippen LogP contribution in [0.3, 0.4) is 0 Å². The molecule has 0 saturated carbocycles. The molecule has 0 atom stereocenters. The number of benzene rings is 1. The highest BCUT2D eigenvalue weighted by molar-refractivity contribution is 7.89. The fraction of sp³-hybridized carbons (Fsp3) is 0.500. The Hall–Kier alpha value is -2.19. The minimum absolute atomic E-state index is 0.0236. The van der Waals surface area contributed by atoms with Gasteiger partial charge in [0.2, 0.25) is 10.0 Å². The lowest BCUT2D eigenvalue weighted by Crippen LogP contribution is -2.49. The fourth-order valence-corrected chi connectivity index (χ4v) is 5.03. The number of carbonyl (C=O) groups excluding carboxylic acids is 2. The van der Waals surface area contributed by atoms with Gasteiger partial charge in [0.15, 0.2) is 0 Å². The van der Waals surface area contributed by atoms with E-state index in [-0.39, 0.29) is 37.6 Å². The molecule has 3 rings (SSSR count). The number of ether oxygens (including phenoxy) is 1. The molecule has 1 aromatic rings. The number of nitrogens with zero attached hydrogens (tertiary/aromatic N) is 1. The van der Waals surface area contributed by atoms with Crippen molar-refractivity contribution in [2.24, 2.45) is 0 Å². The van der Waals surface area contributed by atoms with Crippen LogP contribution in [-0.4, -0.2) is 49.0 Å². The van der Waals surface area contributed by atoms with Crippen LogP contribution in [0.15, 0.2) is 35.4 Å². The van der Waals surface area contributed by atoms with Gasteiger partial charge in [-0.05, 0) is 31.9 Å². The van der Waals surface area contributed by atoms with Crippen molar-refractivity contribution < 1.29 is 22.7 Å². The number of para-hydroxylation sites is 1. The number of piperidine rings is 1. The number of nitrogens with one attached hydrogen (secondary N) is 1. The van der Waals surface area contributed by atoms with Crippen LogP contribution in [0.25, 0.3) is 0 Å². The number of carbonyl (C=O) groups is 2. The molecule has 1 amide bonds. The van der Waals surface area contributed by atoms with E-state index < -0.39 is 21.6 Å². The van der Waals surface area contributed by atoms with Gasteiger partial charge >= 0.3 is 5.97 Å². The van der Waals surface area contributed by atoms with Gasteiger partial charge in [-0.25, -0.2) is 17.5 Å². The van der Waals surface area contributed by atoms with E-state index in [2.05, 4.69) is 5.32 Å². The van der Waals surface area contributed by atoms with E-state index in [0.717, 1.165) is 12.0 Å². The highest BCUT2D eigenvalue weighted by Crippen LogP contribution is 2.42. The van der Waals surface area contributed by atoms with Crippen molar-refractivity contribution in [3.63, 3.8) is 0 Å². The number of hydrogen-bond acceptors (Lipinski definition) is 5. The smallest absolute Gasteiger partial charge is 0.335 e. The SMILES string of the molecule is CCc1ccccc1NC(=O)C1=C(C)C(=O)OC12CCN(S(=O)(=O)CC)CC2. The summed E-state index contributed by atoms with van der Waals surface area (Å²) in [5.41, 5.74) is 1.25. The number of hydrogen-bond donors (Lipinski definition) is 1. The van der Waals surface area contributed by atoms with Crippen molar-refractivity contribution in [2.45, 2.75) is 45.6 Å². The summed E-state index contributed by atoms with van der Waals surface area (Å²) in [4.78, 5) is 25.4. The fourth-order valence-electron chi connectivity index (χ4n) is 3.92. The Balaban J connectivity index is 1.86. The topological polar surface area (TPSA) is 92.8 Å². The van der Waals surface area contributed by atoms with Crippen LogP contribution < -0.4 is 5.32 Å². The molecule has 2 heterocycles. The maximum atomic E-state index is 13.1. The summed E-state index contributed by atoms with van der Waals surface area (Å²) in [5.74, 6) is -0.854. The van der Waals surface area contributed by atoms with E-state index in [4.69, 9.17) is 4.74 Å². The Bertz CT molecular complexity index is 928. The first-order valence-corrected chi connectivity index (χ1v) is 11.2. The summed E-state index contributed by atoms with van der Waals surface area (Å²) in [7, 11) is -3.31. The largest absolute Gasteiger partial charge is 0.450 e. The molecule has 0 aromatic heterocycles. The van der Waals surface area contributed by atoms with Crippen molar-refractivity contribution in [1.82, 2.24) is 4.31 Å². The van der Waals surface area contributed by atoms with Gasteiger partial charge in [0.25, 0.3) is 5.91 Å². The van der Waals surface area contributed by atoms with Crippen molar-refractivity contribution in [3.05, 3.63) is 41.0 Å². The van der Waals surface area contributed by atoms with Crippen LogP contribution in [0.1, 0.15) is 39.2 Å². The average Bonchev–Trinajstić information content (AvgIpc) is 2.92. The van der Waals surface area contributed by atoms with E-state index >= 15 is 0 Å². The minimum Gasteiger partial charge on any atom is -0.450 e. The predicted molar refractivity (Wildman–Crippen MR) is 106 cm³/mol. The maximum Gasteiger partial charge on any atom is 0.335 e. The Morgan fingerprint density at radius 2 is 1.86 bits per heavy atom. The Morgan fingerprint density at radius 3 is 2.46 bits per heavy atom. The van der Waals surface area contributed by atoms with Gasteiger partial charge in [0.05, 0.1) is 11.3 Å². The maximum absolute atomic E-state index is 13.1. The first-order valence-electron chi connectivity index (χ1n) is 9.56. The molecule has 0 unspecified atom stereocenters. The highest BCUT2D eigenvalue weighted by atomic mass is 32.2. The molecule has 1 spiro atoms. The molecule has 152 valence electrons. The third kappa shape index (κ3) is 3.58. The van der Waals surface area contributed by atoms with E-state index in [9.17, 15) is 18.0 Å². The highest BCUT2D eigenvalue weighted by Gasteiger charge is 2.51. The molecule has 0 radical (unpaired) electrons. The van der Waals surface area contributed by atoms with Crippen LogP contribution in [0.4, 0.5) is 5.69 Å². The average molecular weight is 407 g/mol. The molecule has 28 heavy (non-hydrogen) atoms. The lowest BCUT2D eigenvalue weighted by molar-refractivity contribution is -0.149. The molecular weight excluding hydrogens is 380 g/mol. The summed E-state index contributed by atoms with van der Waals surface area (Å²) in [5, 5.41) is 2.92. The van der Waals surface area contributed by atoms with Gasteiger partial charge < -0.3 is 10.1 Å². The molecule has 2 aliphatic heterocycles. The van der Waals surface area contributed by atoms with Crippen LogP contribution in [-0.2, 0) is 30.8 Å². The lowest BCUT2D eigenvalue weighted by Gasteiger charge is -2.38. The minimum atomic E-state index is -3.31. The standard InChI is InChI=1S/C20H26N2O5S/c1-4-15-8-6-7-9-16(15)21-18(23)17-14(3)19(24)27-20(17)10-12-22(13-11-20)28(25,26)5-2/h6-9H,4-5,10-13H2,1-3H3,(H,21,23). The molecular formula is C20H26N2O5S. The van der Waals surface area contributed by atoms with Crippen molar-refractivity contribution >= 4 is 27.6 Å². The second-order valence-electron chi connectivity index (χ2n) is 7.15. The number of anilines is 1. The number of aryl methyl sites for hydroxylation is 1. The lowest BCUT2D eigenvalue weighted by atomic mass is 9.83. The van der Waals surface area contributed by atoms with Gasteiger partial charge in [-0.3, -0.25) is 4.79 Å². The van der Waals surface area contributed by atoms with Gasteiger partial charge in [-0.2, -0.15) is 0 Å². The molecule has 1 aromatic carbocycles. The Kier molecular flexibility index (Phi) is 5.63. The van der Waals surface area contributed by atoms with E-state index in [0.29, 0.717) is 16.8 Å². The van der Waals surface area contributed by atoms with Gasteiger partial charge in [0, 0.05) is 37.2 Å². The molecule has 8 heteroatoms. The zero-order valence-electron chi connectivity index (χ0n) is 16.4. The summed E-state index contributed by atoms with van der Waals surface area (Å²) >= 11 is 0. The van der Waals surface area contributed by atoms with Crippen molar-refractivity contribution in [2.75, 3.05) is 24.2 Å². The molecule has 7 nitrogen and oxygen atoms in total. The van der Waals surface area contributed by atoms with E-state index in [1.54, 1.807) is 13.8 Å². The summed E-state index contributed by atoms with van der Waals surface area (Å²) in [6, 6.07) is 7.52. The zero-order valence-corrected chi connectivity index (χ0v) is 17.3. The van der Waals surface area contributed by atoms with Crippen molar-refractivity contribution in [3.8, 4) is 0 Å². The molecule has 1 N–H and O–H groups in total. The first kappa shape index (κ1) is 20.5. The second kappa shape index (κ2) is 7.67. The van der Waals surface area contributed by atoms with Crippen LogP contribution in [0.5, 0.6) is 0 Å². The van der Waals surface area contributed by atoms with Crippen molar-refractivity contribution in [1.29, 1.82) is 0 Å². The van der Waals surface area contributed by atoms with Gasteiger partial charge in [0.1, 0.15) is 5.60 Å². The number of rotatable bonds is 5. The third-order valence-electron chi connectivity index (χ3n) is 5.59. The number of sulfonamides is 1. The van der Waals surface area contributed by atoms with Crippen LogP contribution >= 0.6 is 0 Å². The van der Waals surface area contributed by atoms with Crippen LogP contribution in [0, 0.1) is 0 Å². The summed E-state index contributed by atoms with van der Waals surface area (Å²) in [6.07, 6.45) is 1.31. The van der Waals surface area contributed by atoms with Gasteiger partial charge in [-0.1, -0.05) is 25.1 Å². The number of amides is 1. The normalized spacial score (nSPS) is 19.8.